The minimum absolute atomic E-state index is 0.178. The fourth-order valence-corrected chi connectivity index (χ4v) is 3.91. The lowest BCUT2D eigenvalue weighted by atomic mass is 9.90. The van der Waals surface area contributed by atoms with Gasteiger partial charge in [0, 0.05) is 5.92 Å². The first-order valence-corrected chi connectivity index (χ1v) is 10.9. The zero-order chi connectivity index (χ0) is 22.3. The van der Waals surface area contributed by atoms with Crippen LogP contribution in [0.4, 0.5) is 0 Å². The molecule has 2 unspecified atom stereocenters. The van der Waals surface area contributed by atoms with Gasteiger partial charge in [0.05, 0.1) is 11.8 Å². The minimum Gasteiger partial charge on any atom is -0.426 e. The largest absolute Gasteiger partial charge is 0.426 e. The summed E-state index contributed by atoms with van der Waals surface area (Å²) in [6.45, 7) is 3.86. The van der Waals surface area contributed by atoms with Crippen LogP contribution in [0.5, 0.6) is 5.75 Å². The van der Waals surface area contributed by atoms with E-state index in [0.717, 1.165) is 11.1 Å². The van der Waals surface area contributed by atoms with E-state index in [9.17, 15) is 4.79 Å². The second-order valence-electron chi connectivity index (χ2n) is 7.78. The number of para-hydroxylation sites is 1. The second-order valence-corrected chi connectivity index (χ2v) is 7.78. The van der Waals surface area contributed by atoms with Crippen molar-refractivity contribution in [1.29, 1.82) is 0 Å². The molecule has 0 spiro atoms. The van der Waals surface area contributed by atoms with Crippen LogP contribution in [0, 0.1) is 5.92 Å². The van der Waals surface area contributed by atoms with E-state index < -0.39 is 5.92 Å². The summed E-state index contributed by atoms with van der Waals surface area (Å²) in [4.78, 5) is 17.5. The molecule has 3 aromatic carbocycles. The summed E-state index contributed by atoms with van der Waals surface area (Å²) in [6, 6.07) is 29.3. The fraction of sp³-hybridized carbons (Fsp3) is 0.222. The standard InChI is InChI=1S/C27H26N2O3/c1-3-23(19(2)27(30)31-22-17-11-6-12-18-22)25-28-26(32-29-25)24(20-13-7-4-8-14-20)21-15-9-5-10-16-21/h4-19,23-24H,3H2,1-2H3. The van der Waals surface area contributed by atoms with E-state index in [4.69, 9.17) is 14.2 Å². The van der Waals surface area contributed by atoms with Crippen LogP contribution < -0.4 is 4.74 Å². The molecule has 0 bridgehead atoms. The number of hydrogen-bond acceptors (Lipinski definition) is 5. The van der Waals surface area contributed by atoms with Crippen molar-refractivity contribution in [2.45, 2.75) is 32.1 Å². The van der Waals surface area contributed by atoms with Gasteiger partial charge < -0.3 is 9.26 Å². The Morgan fingerprint density at radius 2 is 1.41 bits per heavy atom. The van der Waals surface area contributed by atoms with Crippen LogP contribution in [0.1, 0.15) is 54.9 Å². The molecule has 0 aliphatic heterocycles. The first kappa shape index (κ1) is 21.5. The molecule has 5 heteroatoms. The summed E-state index contributed by atoms with van der Waals surface area (Å²) in [7, 11) is 0. The van der Waals surface area contributed by atoms with Gasteiger partial charge in [0.1, 0.15) is 5.75 Å². The maximum atomic E-state index is 12.8. The van der Waals surface area contributed by atoms with Crippen molar-refractivity contribution in [3.8, 4) is 5.75 Å². The van der Waals surface area contributed by atoms with Crippen molar-refractivity contribution in [3.05, 3.63) is 114 Å². The average Bonchev–Trinajstić information content (AvgIpc) is 3.31. The number of hydrogen-bond donors (Lipinski definition) is 0. The molecule has 5 nitrogen and oxygen atoms in total. The van der Waals surface area contributed by atoms with Gasteiger partial charge in [0.15, 0.2) is 5.82 Å². The van der Waals surface area contributed by atoms with Gasteiger partial charge in [-0.25, -0.2) is 0 Å². The van der Waals surface area contributed by atoms with Gasteiger partial charge in [0.2, 0.25) is 5.89 Å². The van der Waals surface area contributed by atoms with E-state index >= 15 is 0 Å². The van der Waals surface area contributed by atoms with E-state index in [1.165, 1.54) is 0 Å². The Hall–Kier alpha value is -3.73. The Labute approximate surface area is 188 Å². The van der Waals surface area contributed by atoms with Gasteiger partial charge in [-0.2, -0.15) is 4.98 Å². The first-order valence-electron chi connectivity index (χ1n) is 10.9. The summed E-state index contributed by atoms with van der Waals surface area (Å²) in [5.74, 6) is 0.450. The maximum Gasteiger partial charge on any atom is 0.314 e. The predicted octanol–water partition coefficient (Wildman–Crippen LogP) is 5.99. The number of carbonyl (C=O) groups is 1. The first-order chi connectivity index (χ1) is 15.7. The monoisotopic (exact) mass is 426 g/mol. The van der Waals surface area contributed by atoms with Crippen molar-refractivity contribution >= 4 is 5.97 Å². The molecule has 0 saturated heterocycles. The summed E-state index contributed by atoms with van der Waals surface area (Å²) in [5.41, 5.74) is 2.14. The molecule has 1 aromatic heterocycles. The van der Waals surface area contributed by atoms with Gasteiger partial charge in [-0.3, -0.25) is 4.79 Å². The molecule has 4 aromatic rings. The third-order valence-electron chi connectivity index (χ3n) is 5.68. The Bertz CT molecular complexity index is 1090. The summed E-state index contributed by atoms with van der Waals surface area (Å²) in [5, 5.41) is 4.28. The van der Waals surface area contributed by atoms with Crippen LogP contribution in [0.25, 0.3) is 0 Å². The highest BCUT2D eigenvalue weighted by atomic mass is 16.5. The zero-order valence-electron chi connectivity index (χ0n) is 18.2. The number of nitrogens with zero attached hydrogens (tertiary/aromatic N) is 2. The molecule has 0 N–H and O–H groups in total. The molecule has 1 heterocycles. The normalized spacial score (nSPS) is 13.0. The highest BCUT2D eigenvalue weighted by Crippen LogP contribution is 2.33. The number of esters is 1. The van der Waals surface area contributed by atoms with Crippen LogP contribution in [0.2, 0.25) is 0 Å². The minimum atomic E-state index is -0.419. The number of aromatic nitrogens is 2. The summed E-state index contributed by atoms with van der Waals surface area (Å²) >= 11 is 0. The number of benzene rings is 3. The van der Waals surface area contributed by atoms with Crippen LogP contribution in [-0.4, -0.2) is 16.1 Å². The van der Waals surface area contributed by atoms with E-state index in [1.807, 2.05) is 68.4 Å². The molecule has 0 saturated carbocycles. The van der Waals surface area contributed by atoms with E-state index in [0.29, 0.717) is 23.9 Å². The van der Waals surface area contributed by atoms with Crippen molar-refractivity contribution in [1.82, 2.24) is 10.1 Å². The fourth-order valence-electron chi connectivity index (χ4n) is 3.91. The number of carbonyl (C=O) groups excluding carboxylic acids is 1. The summed E-state index contributed by atoms with van der Waals surface area (Å²) in [6.07, 6.45) is 0.686. The Morgan fingerprint density at radius 1 is 0.875 bits per heavy atom. The SMILES string of the molecule is CCC(c1noc(C(c2ccccc2)c2ccccc2)n1)C(C)C(=O)Oc1ccccc1. The van der Waals surface area contributed by atoms with E-state index in [2.05, 4.69) is 29.4 Å². The van der Waals surface area contributed by atoms with Crippen molar-refractivity contribution in [3.63, 3.8) is 0 Å². The summed E-state index contributed by atoms with van der Waals surface area (Å²) < 4.78 is 11.3. The Kier molecular flexibility index (Phi) is 6.75. The number of ether oxygens (including phenoxy) is 1. The molecule has 162 valence electrons. The van der Waals surface area contributed by atoms with E-state index in [-0.39, 0.29) is 17.8 Å². The van der Waals surface area contributed by atoms with Crippen LogP contribution in [0.15, 0.2) is 95.5 Å². The molecule has 0 aliphatic rings. The molecule has 0 aliphatic carbocycles. The van der Waals surface area contributed by atoms with Crippen LogP contribution >= 0.6 is 0 Å². The lowest BCUT2D eigenvalue weighted by molar-refractivity contribution is -0.139. The van der Waals surface area contributed by atoms with Crippen molar-refractivity contribution in [2.75, 3.05) is 0 Å². The van der Waals surface area contributed by atoms with Crippen molar-refractivity contribution in [2.24, 2.45) is 5.92 Å². The molecule has 0 fully saturated rings. The third-order valence-corrected chi connectivity index (χ3v) is 5.68. The van der Waals surface area contributed by atoms with Gasteiger partial charge in [0.25, 0.3) is 0 Å². The Balaban J connectivity index is 1.60. The lowest BCUT2D eigenvalue weighted by Gasteiger charge is -2.18. The Morgan fingerprint density at radius 3 is 1.94 bits per heavy atom. The van der Waals surface area contributed by atoms with Gasteiger partial charge in [-0.15, -0.1) is 0 Å². The van der Waals surface area contributed by atoms with Crippen LogP contribution in [0.3, 0.4) is 0 Å². The quantitative estimate of drug-likeness (QED) is 0.256. The van der Waals surface area contributed by atoms with Gasteiger partial charge >= 0.3 is 5.97 Å². The average molecular weight is 427 g/mol. The predicted molar refractivity (Wildman–Crippen MR) is 122 cm³/mol. The maximum absolute atomic E-state index is 12.8. The molecular formula is C27H26N2O3. The van der Waals surface area contributed by atoms with Crippen LogP contribution in [-0.2, 0) is 4.79 Å². The van der Waals surface area contributed by atoms with E-state index in [1.54, 1.807) is 12.1 Å². The van der Waals surface area contributed by atoms with Gasteiger partial charge in [-0.1, -0.05) is 97.9 Å². The van der Waals surface area contributed by atoms with Gasteiger partial charge in [-0.05, 0) is 29.7 Å². The molecule has 32 heavy (non-hydrogen) atoms. The zero-order valence-corrected chi connectivity index (χ0v) is 18.2. The highest BCUT2D eigenvalue weighted by molar-refractivity contribution is 5.75. The smallest absolute Gasteiger partial charge is 0.314 e. The third kappa shape index (κ3) is 4.78. The number of rotatable bonds is 8. The lowest BCUT2D eigenvalue weighted by Crippen LogP contribution is -2.24. The highest BCUT2D eigenvalue weighted by Gasteiger charge is 2.31. The molecule has 4 rings (SSSR count). The molecule has 0 amide bonds. The second kappa shape index (κ2) is 10.1. The molecular weight excluding hydrogens is 400 g/mol. The molecule has 2 atom stereocenters. The van der Waals surface area contributed by atoms with Crippen molar-refractivity contribution < 1.29 is 14.1 Å². The topological polar surface area (TPSA) is 65.2 Å². The molecule has 0 radical (unpaired) electrons.